The van der Waals surface area contributed by atoms with E-state index in [9.17, 15) is 16.8 Å². The van der Waals surface area contributed by atoms with Crippen molar-refractivity contribution in [2.24, 2.45) is 11.8 Å². The fourth-order valence-electron chi connectivity index (χ4n) is 5.67. The molecule has 0 radical (unpaired) electrons. The van der Waals surface area contributed by atoms with Crippen molar-refractivity contribution in [3.8, 4) is 5.75 Å². The van der Waals surface area contributed by atoms with E-state index in [2.05, 4.69) is 21.8 Å². The molecule has 2 fully saturated rings. The summed E-state index contributed by atoms with van der Waals surface area (Å²) in [7, 11) is -5.15. The topological polar surface area (TPSA) is 96.0 Å². The van der Waals surface area contributed by atoms with Gasteiger partial charge in [-0.3, -0.25) is 4.90 Å². The smallest absolute Gasteiger partial charge is 0.214 e. The van der Waals surface area contributed by atoms with Crippen molar-refractivity contribution in [1.29, 1.82) is 0 Å². The molecule has 180 valence electrons. The molecule has 1 aromatic carbocycles. The van der Waals surface area contributed by atoms with E-state index >= 15 is 0 Å². The molecule has 1 unspecified atom stereocenters. The molecule has 3 heterocycles. The van der Waals surface area contributed by atoms with Crippen molar-refractivity contribution in [3.63, 3.8) is 0 Å². The van der Waals surface area contributed by atoms with Gasteiger partial charge in [0.15, 0.2) is 0 Å². The summed E-state index contributed by atoms with van der Waals surface area (Å²) in [4.78, 5) is 2.53. The number of fused-ring (bicyclic) bond motifs is 4. The third-order valence-electron chi connectivity index (χ3n) is 7.17. The maximum atomic E-state index is 13.4. The largest absolute Gasteiger partial charge is 0.497 e. The number of ether oxygens (including phenoxy) is 1. The molecular weight excluding hydrogens is 450 g/mol. The van der Waals surface area contributed by atoms with E-state index in [0.29, 0.717) is 12.5 Å². The molecule has 1 N–H and O–H groups in total. The van der Waals surface area contributed by atoms with Crippen molar-refractivity contribution in [2.45, 2.75) is 44.7 Å². The fourth-order valence-corrected chi connectivity index (χ4v) is 8.36. The zero-order valence-electron chi connectivity index (χ0n) is 19.2. The number of hydrogen-bond donors (Lipinski definition) is 1. The SMILES string of the molecule is COc1ccc2c(c1)CCN1C[C@H]3CCCN(S(=O)(=O)CC(C)CNS(C)(=O)=O)[C@H]3C[C@@H]21. The van der Waals surface area contributed by atoms with E-state index in [0.717, 1.165) is 50.8 Å². The van der Waals surface area contributed by atoms with Crippen molar-refractivity contribution in [2.75, 3.05) is 45.3 Å². The molecule has 0 saturated carbocycles. The Morgan fingerprint density at radius 2 is 2.00 bits per heavy atom. The molecule has 0 amide bonds. The normalized spacial score (nSPS) is 27.8. The lowest BCUT2D eigenvalue weighted by molar-refractivity contribution is 0.0218. The van der Waals surface area contributed by atoms with Gasteiger partial charge in [0.25, 0.3) is 0 Å². The Kier molecular flexibility index (Phi) is 6.89. The molecule has 0 spiro atoms. The summed E-state index contributed by atoms with van der Waals surface area (Å²) in [5.74, 6) is 0.877. The molecule has 3 aliphatic heterocycles. The van der Waals surface area contributed by atoms with Gasteiger partial charge in [-0.1, -0.05) is 13.0 Å². The number of nitrogens with one attached hydrogen (secondary N) is 1. The predicted octanol–water partition coefficient (Wildman–Crippen LogP) is 1.59. The summed E-state index contributed by atoms with van der Waals surface area (Å²) in [6.45, 7) is 4.39. The van der Waals surface area contributed by atoms with Crippen LogP contribution < -0.4 is 9.46 Å². The van der Waals surface area contributed by atoms with E-state index in [-0.39, 0.29) is 30.3 Å². The quantitative estimate of drug-likeness (QED) is 0.630. The molecule has 10 heteroatoms. The van der Waals surface area contributed by atoms with Crippen molar-refractivity contribution in [1.82, 2.24) is 13.9 Å². The Hall–Kier alpha value is -1.20. The van der Waals surface area contributed by atoms with E-state index < -0.39 is 20.0 Å². The van der Waals surface area contributed by atoms with Crippen LogP contribution in [0.5, 0.6) is 5.75 Å². The van der Waals surface area contributed by atoms with Crippen molar-refractivity contribution >= 4 is 20.0 Å². The zero-order valence-corrected chi connectivity index (χ0v) is 20.8. The average Bonchev–Trinajstić information content (AvgIpc) is 2.74. The minimum absolute atomic E-state index is 0.00174. The number of sulfonamides is 2. The molecular formula is C22H35N3O5S2. The summed E-state index contributed by atoms with van der Waals surface area (Å²) in [6, 6.07) is 6.49. The minimum atomic E-state index is -3.49. The zero-order chi connectivity index (χ0) is 23.1. The summed E-state index contributed by atoms with van der Waals surface area (Å²) < 4.78 is 59.1. The third kappa shape index (κ3) is 5.14. The second-order valence-corrected chi connectivity index (χ2v) is 13.4. The van der Waals surface area contributed by atoms with Gasteiger partial charge in [0.2, 0.25) is 20.0 Å². The Labute approximate surface area is 192 Å². The van der Waals surface area contributed by atoms with E-state index in [1.165, 1.54) is 11.1 Å². The van der Waals surface area contributed by atoms with Gasteiger partial charge in [-0.05, 0) is 60.8 Å². The number of benzene rings is 1. The number of nitrogens with zero attached hydrogens (tertiary/aromatic N) is 2. The van der Waals surface area contributed by atoms with Crippen molar-refractivity contribution < 1.29 is 21.6 Å². The van der Waals surface area contributed by atoms with Gasteiger partial charge in [-0.15, -0.1) is 0 Å². The lowest BCUT2D eigenvalue weighted by Crippen LogP contribution is -2.58. The highest BCUT2D eigenvalue weighted by Gasteiger charge is 2.46. The first-order chi connectivity index (χ1) is 15.1. The Bertz CT molecular complexity index is 1040. The van der Waals surface area contributed by atoms with Crippen LogP contribution in [0.3, 0.4) is 0 Å². The molecule has 4 rings (SSSR count). The highest BCUT2D eigenvalue weighted by molar-refractivity contribution is 7.89. The molecule has 1 aromatic rings. The van der Waals surface area contributed by atoms with Crippen LogP contribution in [0.4, 0.5) is 0 Å². The van der Waals surface area contributed by atoms with Crippen LogP contribution in [0.15, 0.2) is 18.2 Å². The number of hydrogen-bond acceptors (Lipinski definition) is 6. The van der Waals surface area contributed by atoms with Gasteiger partial charge in [-0.2, -0.15) is 4.31 Å². The third-order valence-corrected chi connectivity index (χ3v) is 10.0. The lowest BCUT2D eigenvalue weighted by Gasteiger charge is -2.51. The van der Waals surface area contributed by atoms with Gasteiger partial charge < -0.3 is 4.74 Å². The van der Waals surface area contributed by atoms with E-state index in [1.54, 1.807) is 18.3 Å². The van der Waals surface area contributed by atoms with Crippen LogP contribution >= 0.6 is 0 Å². The Morgan fingerprint density at radius 1 is 1.22 bits per heavy atom. The number of methoxy groups -OCH3 is 1. The van der Waals surface area contributed by atoms with Crippen LogP contribution in [0.25, 0.3) is 0 Å². The van der Waals surface area contributed by atoms with Crippen LogP contribution in [-0.4, -0.2) is 77.4 Å². The van der Waals surface area contributed by atoms with E-state index in [4.69, 9.17) is 4.74 Å². The van der Waals surface area contributed by atoms with Gasteiger partial charge in [0.05, 0.1) is 19.1 Å². The van der Waals surface area contributed by atoms with Gasteiger partial charge in [-0.25, -0.2) is 21.6 Å². The van der Waals surface area contributed by atoms with Gasteiger partial charge in [0, 0.05) is 38.3 Å². The Balaban J connectivity index is 1.52. The van der Waals surface area contributed by atoms with Gasteiger partial charge in [0.1, 0.15) is 5.75 Å². The second kappa shape index (κ2) is 9.21. The first-order valence-corrected chi connectivity index (χ1v) is 14.9. The van der Waals surface area contributed by atoms with E-state index in [1.807, 2.05) is 6.07 Å². The minimum Gasteiger partial charge on any atom is -0.497 e. The predicted molar refractivity (Wildman–Crippen MR) is 125 cm³/mol. The molecule has 8 nitrogen and oxygen atoms in total. The fraction of sp³-hybridized carbons (Fsp3) is 0.727. The van der Waals surface area contributed by atoms with Crippen LogP contribution in [0.2, 0.25) is 0 Å². The summed E-state index contributed by atoms with van der Waals surface area (Å²) in [5.41, 5.74) is 2.60. The van der Waals surface area contributed by atoms with Crippen LogP contribution in [0.1, 0.15) is 43.4 Å². The first-order valence-electron chi connectivity index (χ1n) is 11.4. The highest BCUT2D eigenvalue weighted by Crippen LogP contribution is 2.44. The Morgan fingerprint density at radius 3 is 2.72 bits per heavy atom. The highest BCUT2D eigenvalue weighted by atomic mass is 32.2. The monoisotopic (exact) mass is 485 g/mol. The average molecular weight is 486 g/mol. The summed E-state index contributed by atoms with van der Waals surface area (Å²) in [5, 5.41) is 0. The lowest BCUT2D eigenvalue weighted by atomic mass is 9.77. The second-order valence-electron chi connectivity index (χ2n) is 9.65. The van der Waals surface area contributed by atoms with Crippen LogP contribution in [-0.2, 0) is 26.5 Å². The first kappa shape index (κ1) is 23.9. The maximum Gasteiger partial charge on any atom is 0.214 e. The molecule has 3 aliphatic rings. The number of rotatable bonds is 7. The molecule has 32 heavy (non-hydrogen) atoms. The molecule has 2 saturated heterocycles. The number of piperidine rings is 2. The molecule has 0 aromatic heterocycles. The summed E-state index contributed by atoms with van der Waals surface area (Å²) in [6.07, 6.45) is 4.82. The maximum absolute atomic E-state index is 13.4. The molecule has 4 atom stereocenters. The standard InChI is InChI=1S/C22H35N3O5S2/c1-16(13-23-31(3,26)27)15-32(28,29)25-9-4-5-18-14-24-10-8-17-11-19(30-2)6-7-20(17)22(24)12-21(18)25/h6-7,11,16,18,21-23H,4-5,8-10,12-15H2,1-3H3/t16?,18-,21+,22+/m1/s1. The van der Waals surface area contributed by atoms with Crippen molar-refractivity contribution in [3.05, 3.63) is 29.3 Å². The molecule has 0 bridgehead atoms. The van der Waals surface area contributed by atoms with Gasteiger partial charge >= 0.3 is 0 Å². The molecule has 0 aliphatic carbocycles. The summed E-state index contributed by atoms with van der Waals surface area (Å²) >= 11 is 0. The van der Waals surface area contributed by atoms with Crippen LogP contribution in [0, 0.1) is 11.8 Å².